The van der Waals surface area contributed by atoms with Gasteiger partial charge in [0, 0.05) is 6.04 Å². The minimum Gasteiger partial charge on any atom is -0.330 e. The first kappa shape index (κ1) is 14.9. The van der Waals surface area contributed by atoms with Gasteiger partial charge in [-0.1, -0.05) is 33.6 Å². The standard InChI is InChI=1S/C13H30N2/c1-4-7-11-15(12-8-5-2)13(6-3)9-10-14/h13H,4-12,14H2,1-3H3. The van der Waals surface area contributed by atoms with Gasteiger partial charge in [0.1, 0.15) is 0 Å². The molecule has 0 saturated carbocycles. The van der Waals surface area contributed by atoms with Crippen LogP contribution in [0.5, 0.6) is 0 Å². The number of hydrogen-bond acceptors (Lipinski definition) is 2. The minimum absolute atomic E-state index is 0.716. The highest BCUT2D eigenvalue weighted by Crippen LogP contribution is 2.11. The van der Waals surface area contributed by atoms with E-state index < -0.39 is 0 Å². The molecular weight excluding hydrogens is 184 g/mol. The maximum atomic E-state index is 5.67. The van der Waals surface area contributed by atoms with Crippen LogP contribution in [0.15, 0.2) is 0 Å². The molecule has 2 heteroatoms. The molecule has 0 aliphatic rings. The van der Waals surface area contributed by atoms with E-state index in [2.05, 4.69) is 25.7 Å². The summed E-state index contributed by atoms with van der Waals surface area (Å²) in [6, 6.07) is 0.716. The molecule has 0 saturated heterocycles. The molecule has 0 aromatic carbocycles. The third-order valence-corrected chi connectivity index (χ3v) is 3.09. The summed E-state index contributed by atoms with van der Waals surface area (Å²) in [5.74, 6) is 0. The Hall–Kier alpha value is -0.0800. The molecular formula is C13H30N2. The van der Waals surface area contributed by atoms with E-state index in [1.54, 1.807) is 0 Å². The fraction of sp³-hybridized carbons (Fsp3) is 1.00. The molecule has 92 valence electrons. The van der Waals surface area contributed by atoms with Crippen LogP contribution < -0.4 is 5.73 Å². The van der Waals surface area contributed by atoms with E-state index in [-0.39, 0.29) is 0 Å². The van der Waals surface area contributed by atoms with E-state index >= 15 is 0 Å². The summed E-state index contributed by atoms with van der Waals surface area (Å²) in [6.07, 6.45) is 7.63. The summed E-state index contributed by atoms with van der Waals surface area (Å²) < 4.78 is 0. The van der Waals surface area contributed by atoms with E-state index in [4.69, 9.17) is 5.73 Å². The molecule has 0 radical (unpaired) electrons. The highest BCUT2D eigenvalue weighted by molar-refractivity contribution is 4.70. The van der Waals surface area contributed by atoms with Crippen LogP contribution in [0.25, 0.3) is 0 Å². The zero-order chi connectivity index (χ0) is 11.5. The number of nitrogens with two attached hydrogens (primary N) is 1. The van der Waals surface area contributed by atoms with Crippen molar-refractivity contribution in [3.05, 3.63) is 0 Å². The van der Waals surface area contributed by atoms with Gasteiger partial charge in [-0.25, -0.2) is 0 Å². The molecule has 0 aromatic heterocycles. The normalized spacial score (nSPS) is 13.4. The lowest BCUT2D eigenvalue weighted by molar-refractivity contribution is 0.178. The van der Waals surface area contributed by atoms with Crippen LogP contribution in [0.2, 0.25) is 0 Å². The van der Waals surface area contributed by atoms with Gasteiger partial charge in [-0.3, -0.25) is 0 Å². The lowest BCUT2D eigenvalue weighted by Crippen LogP contribution is -2.37. The van der Waals surface area contributed by atoms with Crippen molar-refractivity contribution in [3.63, 3.8) is 0 Å². The van der Waals surface area contributed by atoms with Gasteiger partial charge in [-0.05, 0) is 45.3 Å². The maximum absolute atomic E-state index is 5.67. The summed E-state index contributed by atoms with van der Waals surface area (Å²) in [6.45, 7) is 10.2. The Bertz CT molecular complexity index is 118. The predicted molar refractivity (Wildman–Crippen MR) is 69.1 cm³/mol. The largest absolute Gasteiger partial charge is 0.330 e. The highest BCUT2D eigenvalue weighted by atomic mass is 15.1. The van der Waals surface area contributed by atoms with Crippen LogP contribution in [0.3, 0.4) is 0 Å². The molecule has 2 nitrogen and oxygen atoms in total. The molecule has 0 heterocycles. The molecule has 15 heavy (non-hydrogen) atoms. The zero-order valence-corrected chi connectivity index (χ0v) is 11.0. The van der Waals surface area contributed by atoms with Crippen molar-refractivity contribution in [1.82, 2.24) is 4.90 Å². The molecule has 0 amide bonds. The van der Waals surface area contributed by atoms with E-state index in [1.807, 2.05) is 0 Å². The zero-order valence-electron chi connectivity index (χ0n) is 11.0. The van der Waals surface area contributed by atoms with Crippen molar-refractivity contribution in [2.24, 2.45) is 5.73 Å². The molecule has 0 fully saturated rings. The molecule has 0 spiro atoms. The molecule has 0 bridgehead atoms. The Labute approximate surface area is 96.2 Å². The first-order valence-corrected chi connectivity index (χ1v) is 6.74. The van der Waals surface area contributed by atoms with Crippen molar-refractivity contribution < 1.29 is 0 Å². The van der Waals surface area contributed by atoms with Gasteiger partial charge in [-0.15, -0.1) is 0 Å². The maximum Gasteiger partial charge on any atom is 0.0105 e. The Morgan fingerprint density at radius 1 is 1.00 bits per heavy atom. The summed E-state index contributed by atoms with van der Waals surface area (Å²) in [5, 5.41) is 0. The lowest BCUT2D eigenvalue weighted by atomic mass is 10.1. The lowest BCUT2D eigenvalue weighted by Gasteiger charge is -2.30. The summed E-state index contributed by atoms with van der Waals surface area (Å²) >= 11 is 0. The Kier molecular flexibility index (Phi) is 10.4. The third kappa shape index (κ3) is 6.91. The van der Waals surface area contributed by atoms with Crippen LogP contribution in [0, 0.1) is 0 Å². The van der Waals surface area contributed by atoms with Crippen LogP contribution in [0.1, 0.15) is 59.3 Å². The number of rotatable bonds is 10. The minimum atomic E-state index is 0.716. The Morgan fingerprint density at radius 3 is 1.87 bits per heavy atom. The summed E-state index contributed by atoms with van der Waals surface area (Å²) in [5.41, 5.74) is 5.67. The smallest absolute Gasteiger partial charge is 0.0105 e. The van der Waals surface area contributed by atoms with Crippen molar-refractivity contribution >= 4 is 0 Å². The van der Waals surface area contributed by atoms with Crippen molar-refractivity contribution in [3.8, 4) is 0 Å². The van der Waals surface area contributed by atoms with Crippen LogP contribution in [0.4, 0.5) is 0 Å². The predicted octanol–water partition coefficient (Wildman–Crippen LogP) is 3.02. The molecule has 0 rings (SSSR count). The van der Waals surface area contributed by atoms with E-state index in [0.29, 0.717) is 6.04 Å². The van der Waals surface area contributed by atoms with Crippen molar-refractivity contribution in [2.75, 3.05) is 19.6 Å². The first-order chi connectivity index (χ1) is 7.29. The number of hydrogen-bond donors (Lipinski definition) is 1. The SMILES string of the molecule is CCCCN(CCCC)C(CC)CCN. The van der Waals surface area contributed by atoms with Gasteiger partial charge < -0.3 is 10.6 Å². The Balaban J connectivity index is 4.02. The van der Waals surface area contributed by atoms with Gasteiger partial charge >= 0.3 is 0 Å². The van der Waals surface area contributed by atoms with Crippen LogP contribution in [-0.4, -0.2) is 30.6 Å². The molecule has 0 aliphatic heterocycles. The second-order valence-corrected chi connectivity index (χ2v) is 4.38. The van der Waals surface area contributed by atoms with E-state index in [1.165, 1.54) is 45.2 Å². The molecule has 1 unspecified atom stereocenters. The third-order valence-electron chi connectivity index (χ3n) is 3.09. The van der Waals surface area contributed by atoms with E-state index in [9.17, 15) is 0 Å². The van der Waals surface area contributed by atoms with Gasteiger partial charge in [-0.2, -0.15) is 0 Å². The molecule has 1 atom stereocenters. The number of nitrogens with zero attached hydrogens (tertiary/aromatic N) is 1. The van der Waals surface area contributed by atoms with Gasteiger partial charge in [0.2, 0.25) is 0 Å². The molecule has 0 aromatic rings. The van der Waals surface area contributed by atoms with Crippen molar-refractivity contribution in [2.45, 2.75) is 65.3 Å². The molecule has 2 N–H and O–H groups in total. The topological polar surface area (TPSA) is 29.3 Å². The molecule has 0 aliphatic carbocycles. The summed E-state index contributed by atoms with van der Waals surface area (Å²) in [4.78, 5) is 2.65. The first-order valence-electron chi connectivity index (χ1n) is 6.74. The monoisotopic (exact) mass is 214 g/mol. The number of unbranched alkanes of at least 4 members (excludes halogenated alkanes) is 2. The fourth-order valence-corrected chi connectivity index (χ4v) is 2.04. The second kappa shape index (κ2) is 10.4. The second-order valence-electron chi connectivity index (χ2n) is 4.38. The quantitative estimate of drug-likeness (QED) is 0.606. The Morgan fingerprint density at radius 2 is 1.53 bits per heavy atom. The summed E-state index contributed by atoms with van der Waals surface area (Å²) in [7, 11) is 0. The van der Waals surface area contributed by atoms with Crippen molar-refractivity contribution in [1.29, 1.82) is 0 Å². The average Bonchev–Trinajstić information content (AvgIpc) is 2.27. The van der Waals surface area contributed by atoms with Crippen LogP contribution >= 0.6 is 0 Å². The van der Waals surface area contributed by atoms with Gasteiger partial charge in [0.05, 0.1) is 0 Å². The average molecular weight is 214 g/mol. The highest BCUT2D eigenvalue weighted by Gasteiger charge is 2.14. The fourth-order valence-electron chi connectivity index (χ4n) is 2.04. The van der Waals surface area contributed by atoms with Gasteiger partial charge in [0.25, 0.3) is 0 Å². The van der Waals surface area contributed by atoms with Gasteiger partial charge in [0.15, 0.2) is 0 Å². The van der Waals surface area contributed by atoms with E-state index in [0.717, 1.165) is 13.0 Å². The van der Waals surface area contributed by atoms with Crippen LogP contribution in [-0.2, 0) is 0 Å².